The molecule has 5 heteroatoms. The molecule has 1 fully saturated rings. The van der Waals surface area contributed by atoms with Crippen LogP contribution in [-0.4, -0.2) is 21.5 Å². The molecule has 31 heavy (non-hydrogen) atoms. The van der Waals surface area contributed by atoms with E-state index in [2.05, 4.69) is 28.2 Å². The summed E-state index contributed by atoms with van der Waals surface area (Å²) in [4.78, 5) is 15.4. The Morgan fingerprint density at radius 2 is 1.77 bits per heavy atom. The van der Waals surface area contributed by atoms with E-state index in [1.54, 1.807) is 0 Å². The number of hydrogen-bond acceptors (Lipinski definition) is 1. The molecule has 162 valence electrons. The summed E-state index contributed by atoms with van der Waals surface area (Å²) in [6.45, 7) is 3.30. The third-order valence-electron chi connectivity index (χ3n) is 6.22. The SMILES string of the molecule is Cc1ccccc1NC(=O)N(Cc1cccn1Cc1ccccc1Cl)C1CCCCC1. The van der Waals surface area contributed by atoms with Gasteiger partial charge in [-0.25, -0.2) is 4.79 Å². The molecule has 0 bridgehead atoms. The number of anilines is 1. The molecule has 0 aliphatic heterocycles. The largest absolute Gasteiger partial charge is 0.345 e. The second kappa shape index (κ2) is 10.1. The number of carbonyl (C=O) groups excluding carboxylic acids is 1. The fraction of sp³-hybridized carbons (Fsp3) is 0.346. The van der Waals surface area contributed by atoms with Crippen LogP contribution in [0.15, 0.2) is 66.9 Å². The molecule has 2 amide bonds. The van der Waals surface area contributed by atoms with Gasteiger partial charge in [-0.3, -0.25) is 0 Å². The van der Waals surface area contributed by atoms with Crippen LogP contribution >= 0.6 is 11.6 Å². The van der Waals surface area contributed by atoms with Crippen molar-refractivity contribution in [3.63, 3.8) is 0 Å². The number of nitrogens with zero attached hydrogens (tertiary/aromatic N) is 2. The fourth-order valence-electron chi connectivity index (χ4n) is 4.39. The molecule has 1 aliphatic carbocycles. The van der Waals surface area contributed by atoms with E-state index in [4.69, 9.17) is 11.6 Å². The van der Waals surface area contributed by atoms with Crippen molar-refractivity contribution in [3.8, 4) is 0 Å². The Labute approximate surface area is 189 Å². The van der Waals surface area contributed by atoms with E-state index in [1.165, 1.54) is 19.3 Å². The molecule has 2 aromatic carbocycles. The Bertz CT molecular complexity index is 1020. The average molecular weight is 436 g/mol. The van der Waals surface area contributed by atoms with Crippen LogP contribution in [0.25, 0.3) is 0 Å². The summed E-state index contributed by atoms with van der Waals surface area (Å²) in [5, 5.41) is 3.92. The lowest BCUT2D eigenvalue weighted by Gasteiger charge is -2.35. The van der Waals surface area contributed by atoms with Gasteiger partial charge in [-0.15, -0.1) is 0 Å². The maximum absolute atomic E-state index is 13.4. The van der Waals surface area contributed by atoms with Crippen molar-refractivity contribution >= 4 is 23.3 Å². The molecule has 1 N–H and O–H groups in total. The Morgan fingerprint density at radius 1 is 1.03 bits per heavy atom. The first-order chi connectivity index (χ1) is 15.1. The number of hydrogen-bond donors (Lipinski definition) is 1. The third kappa shape index (κ3) is 5.31. The number of rotatable bonds is 6. The fourth-order valence-corrected chi connectivity index (χ4v) is 4.59. The first-order valence-corrected chi connectivity index (χ1v) is 11.5. The van der Waals surface area contributed by atoms with Crippen molar-refractivity contribution < 1.29 is 4.79 Å². The summed E-state index contributed by atoms with van der Waals surface area (Å²) in [6.07, 6.45) is 7.81. The van der Waals surface area contributed by atoms with E-state index in [0.29, 0.717) is 13.1 Å². The minimum atomic E-state index is -0.0216. The van der Waals surface area contributed by atoms with E-state index in [-0.39, 0.29) is 12.1 Å². The quantitative estimate of drug-likeness (QED) is 0.450. The smallest absolute Gasteiger partial charge is 0.322 e. The number of carbonyl (C=O) groups is 1. The van der Waals surface area contributed by atoms with Crippen LogP contribution in [0, 0.1) is 6.92 Å². The van der Waals surface area contributed by atoms with Crippen LogP contribution in [0.5, 0.6) is 0 Å². The summed E-state index contributed by atoms with van der Waals surface area (Å²) in [7, 11) is 0. The first-order valence-electron chi connectivity index (χ1n) is 11.1. The normalized spacial score (nSPS) is 14.4. The van der Waals surface area contributed by atoms with Crippen LogP contribution in [0.3, 0.4) is 0 Å². The number of para-hydroxylation sites is 1. The van der Waals surface area contributed by atoms with Gasteiger partial charge in [0, 0.05) is 35.2 Å². The predicted octanol–water partition coefficient (Wildman–Crippen LogP) is 6.87. The number of benzene rings is 2. The van der Waals surface area contributed by atoms with Crippen LogP contribution < -0.4 is 5.32 Å². The molecule has 0 unspecified atom stereocenters. The topological polar surface area (TPSA) is 37.3 Å². The summed E-state index contributed by atoms with van der Waals surface area (Å²) >= 11 is 6.39. The van der Waals surface area contributed by atoms with Crippen molar-refractivity contribution in [2.75, 3.05) is 5.32 Å². The van der Waals surface area contributed by atoms with Gasteiger partial charge in [-0.1, -0.05) is 67.3 Å². The standard InChI is InChI=1S/C26H30ClN3O/c1-20-10-5-8-16-25(20)28-26(31)30(22-12-3-2-4-13-22)19-23-14-9-17-29(23)18-21-11-6-7-15-24(21)27/h5-11,14-17,22H,2-4,12-13,18-19H2,1H3,(H,28,31). The zero-order valence-corrected chi connectivity index (χ0v) is 18.8. The molecule has 4 nitrogen and oxygen atoms in total. The van der Waals surface area contributed by atoms with Gasteiger partial charge in [-0.05, 0) is 55.2 Å². The summed E-state index contributed by atoms with van der Waals surface area (Å²) in [6, 6.07) is 20.3. The molecule has 0 saturated heterocycles. The van der Waals surface area contributed by atoms with Gasteiger partial charge in [0.2, 0.25) is 0 Å². The number of nitrogens with one attached hydrogen (secondary N) is 1. The van der Waals surface area contributed by atoms with Crippen LogP contribution in [0.2, 0.25) is 5.02 Å². The van der Waals surface area contributed by atoms with E-state index in [1.807, 2.05) is 60.4 Å². The second-order valence-electron chi connectivity index (χ2n) is 8.38. The predicted molar refractivity (Wildman–Crippen MR) is 128 cm³/mol. The maximum Gasteiger partial charge on any atom is 0.322 e. The van der Waals surface area contributed by atoms with Crippen molar-refractivity contribution in [1.82, 2.24) is 9.47 Å². The zero-order chi connectivity index (χ0) is 21.6. The number of amides is 2. The van der Waals surface area contributed by atoms with Gasteiger partial charge in [0.05, 0.1) is 6.54 Å². The Kier molecular flexibility index (Phi) is 6.98. The van der Waals surface area contributed by atoms with Gasteiger partial charge in [0.25, 0.3) is 0 Å². The molecule has 3 aromatic rings. The molecule has 1 aliphatic rings. The van der Waals surface area contributed by atoms with E-state index in [9.17, 15) is 4.79 Å². The molecule has 1 saturated carbocycles. The molecule has 0 atom stereocenters. The molecule has 1 heterocycles. The summed E-state index contributed by atoms with van der Waals surface area (Å²) < 4.78 is 2.19. The Morgan fingerprint density at radius 3 is 2.55 bits per heavy atom. The lowest BCUT2D eigenvalue weighted by Crippen LogP contribution is -2.43. The van der Waals surface area contributed by atoms with Crippen molar-refractivity contribution in [3.05, 3.63) is 88.7 Å². The lowest BCUT2D eigenvalue weighted by atomic mass is 9.94. The van der Waals surface area contributed by atoms with Gasteiger partial charge in [0.15, 0.2) is 0 Å². The number of halogens is 1. The average Bonchev–Trinajstić information content (AvgIpc) is 3.22. The highest BCUT2D eigenvalue weighted by Crippen LogP contribution is 2.26. The van der Waals surface area contributed by atoms with Gasteiger partial charge in [0.1, 0.15) is 0 Å². The summed E-state index contributed by atoms with van der Waals surface area (Å²) in [5.74, 6) is 0. The van der Waals surface area contributed by atoms with Gasteiger partial charge >= 0.3 is 6.03 Å². The minimum absolute atomic E-state index is 0.0216. The van der Waals surface area contributed by atoms with Crippen molar-refractivity contribution in [2.45, 2.75) is 58.2 Å². The minimum Gasteiger partial charge on any atom is -0.345 e. The number of aryl methyl sites for hydroxylation is 1. The molecular weight excluding hydrogens is 406 g/mol. The lowest BCUT2D eigenvalue weighted by molar-refractivity contribution is 0.161. The first kappa shape index (κ1) is 21.5. The highest BCUT2D eigenvalue weighted by Gasteiger charge is 2.26. The molecule has 0 radical (unpaired) electrons. The highest BCUT2D eigenvalue weighted by molar-refractivity contribution is 6.31. The van der Waals surface area contributed by atoms with Crippen LogP contribution in [0.1, 0.15) is 48.9 Å². The maximum atomic E-state index is 13.4. The van der Waals surface area contributed by atoms with Crippen LogP contribution in [0.4, 0.5) is 10.5 Å². The van der Waals surface area contributed by atoms with Gasteiger partial charge in [-0.2, -0.15) is 0 Å². The molecular formula is C26H30ClN3O. The van der Waals surface area contributed by atoms with Crippen molar-refractivity contribution in [2.24, 2.45) is 0 Å². The monoisotopic (exact) mass is 435 g/mol. The third-order valence-corrected chi connectivity index (χ3v) is 6.59. The molecule has 0 spiro atoms. The zero-order valence-electron chi connectivity index (χ0n) is 18.1. The van der Waals surface area contributed by atoms with Crippen LogP contribution in [-0.2, 0) is 13.1 Å². The number of aromatic nitrogens is 1. The Balaban J connectivity index is 1.55. The summed E-state index contributed by atoms with van der Waals surface area (Å²) in [5.41, 5.74) is 4.14. The molecule has 1 aromatic heterocycles. The van der Waals surface area contributed by atoms with E-state index in [0.717, 1.165) is 40.4 Å². The van der Waals surface area contributed by atoms with Gasteiger partial charge < -0.3 is 14.8 Å². The van der Waals surface area contributed by atoms with E-state index >= 15 is 0 Å². The molecule has 4 rings (SSSR count). The van der Waals surface area contributed by atoms with Crippen molar-refractivity contribution in [1.29, 1.82) is 0 Å². The number of urea groups is 1. The highest BCUT2D eigenvalue weighted by atomic mass is 35.5. The Hall–Kier alpha value is -2.72. The second-order valence-corrected chi connectivity index (χ2v) is 8.79. The van der Waals surface area contributed by atoms with E-state index < -0.39 is 0 Å².